The number of allylic oxidation sites excluding steroid dienone is 1. The van der Waals surface area contributed by atoms with Crippen LogP contribution in [0.2, 0.25) is 0 Å². The van der Waals surface area contributed by atoms with Crippen LogP contribution < -0.4 is 4.74 Å². The molecule has 0 fully saturated rings. The van der Waals surface area contributed by atoms with Gasteiger partial charge in [0.15, 0.2) is 0 Å². The number of hydrogen-bond acceptors (Lipinski definition) is 4. The lowest BCUT2D eigenvalue weighted by Gasteiger charge is -2.08. The molecule has 3 nitrogen and oxygen atoms in total. The second-order valence-corrected chi connectivity index (χ2v) is 4.66. The third-order valence-corrected chi connectivity index (χ3v) is 3.33. The van der Waals surface area contributed by atoms with E-state index in [0.29, 0.717) is 11.3 Å². The van der Waals surface area contributed by atoms with Crippen LogP contribution in [0, 0.1) is 0 Å². The molecule has 0 atom stereocenters. The molecule has 0 saturated heterocycles. The number of methoxy groups -OCH3 is 2. The van der Waals surface area contributed by atoms with Crippen LogP contribution in [0.1, 0.15) is 18.9 Å². The molecule has 0 amide bonds. The Morgan fingerprint density at radius 2 is 1.90 bits per heavy atom. The van der Waals surface area contributed by atoms with Crippen molar-refractivity contribution in [3.05, 3.63) is 29.0 Å². The fourth-order valence-corrected chi connectivity index (χ4v) is 2.41. The first-order valence-electron chi connectivity index (χ1n) is 6.21. The Balaban J connectivity index is 0.00000106. The Hall–Kier alpha value is -1.76. The van der Waals surface area contributed by atoms with E-state index < -0.39 is 11.9 Å². The van der Waals surface area contributed by atoms with E-state index in [1.807, 2.05) is 13.8 Å². The molecular weight excluding hydrogens is 303 g/mol. The molecule has 0 aliphatic carbocycles. The summed E-state index contributed by atoms with van der Waals surface area (Å²) in [5, 5.41) is 0.234. The van der Waals surface area contributed by atoms with Gasteiger partial charge in [0.2, 0.25) is 5.76 Å². The number of hydrogen-bond donors (Lipinski definition) is 0. The van der Waals surface area contributed by atoms with Crippen LogP contribution >= 0.6 is 11.3 Å². The molecule has 0 saturated carbocycles. The molecule has 0 bridgehead atoms. The van der Waals surface area contributed by atoms with Gasteiger partial charge in [-0.25, -0.2) is 4.98 Å². The molecule has 0 radical (unpaired) electrons. The normalized spacial score (nSPS) is 11.9. The summed E-state index contributed by atoms with van der Waals surface area (Å²) in [4.78, 5) is 4.10. The Labute approximate surface area is 125 Å². The molecule has 0 aliphatic heterocycles. The van der Waals surface area contributed by atoms with Crippen molar-refractivity contribution >= 4 is 27.6 Å². The minimum absolute atomic E-state index is 0.234. The highest BCUT2D eigenvalue weighted by molar-refractivity contribution is 7.19. The van der Waals surface area contributed by atoms with Gasteiger partial charge >= 0.3 is 6.18 Å². The monoisotopic (exact) mass is 319 g/mol. The van der Waals surface area contributed by atoms with Crippen molar-refractivity contribution in [3.63, 3.8) is 0 Å². The van der Waals surface area contributed by atoms with Gasteiger partial charge in [-0.15, -0.1) is 11.3 Å². The van der Waals surface area contributed by atoms with Crippen molar-refractivity contribution in [3.8, 4) is 5.75 Å². The maximum Gasteiger partial charge on any atom is 0.448 e. The number of thiazole rings is 1. The van der Waals surface area contributed by atoms with Crippen LogP contribution in [0.4, 0.5) is 13.2 Å². The molecule has 2 aromatic rings. The minimum atomic E-state index is -4.52. The molecular formula is C14H16F3NO2S. The third-order valence-electron chi connectivity index (χ3n) is 2.37. The van der Waals surface area contributed by atoms with Crippen molar-refractivity contribution in [1.82, 2.24) is 4.98 Å². The highest BCUT2D eigenvalue weighted by Gasteiger charge is 2.35. The molecule has 0 spiro atoms. The zero-order valence-electron chi connectivity index (χ0n) is 12.1. The number of rotatable bonds is 3. The lowest BCUT2D eigenvalue weighted by molar-refractivity contribution is -0.124. The molecule has 21 heavy (non-hydrogen) atoms. The Bertz CT molecular complexity index is 620. The third kappa shape index (κ3) is 4.35. The summed E-state index contributed by atoms with van der Waals surface area (Å²) in [7, 11) is 2.51. The van der Waals surface area contributed by atoms with E-state index in [9.17, 15) is 13.2 Å². The van der Waals surface area contributed by atoms with Gasteiger partial charge in [-0.2, -0.15) is 13.2 Å². The summed E-state index contributed by atoms with van der Waals surface area (Å²) in [5.74, 6) is -0.437. The lowest BCUT2D eigenvalue weighted by atomic mass is 10.3. The van der Waals surface area contributed by atoms with Crippen LogP contribution in [0.5, 0.6) is 5.75 Å². The van der Waals surface area contributed by atoms with E-state index in [1.165, 1.54) is 7.11 Å². The maximum atomic E-state index is 12.5. The average molecular weight is 319 g/mol. The average Bonchev–Trinajstić information content (AvgIpc) is 2.87. The lowest BCUT2D eigenvalue weighted by Crippen LogP contribution is -2.12. The van der Waals surface area contributed by atoms with Crippen LogP contribution in [0.25, 0.3) is 16.3 Å². The number of aromatic nitrogens is 1. The van der Waals surface area contributed by atoms with Crippen molar-refractivity contribution in [2.24, 2.45) is 0 Å². The zero-order valence-corrected chi connectivity index (χ0v) is 12.9. The largest absolute Gasteiger partial charge is 0.497 e. The van der Waals surface area contributed by atoms with Crippen LogP contribution in [-0.2, 0) is 4.74 Å². The molecule has 1 aromatic heterocycles. The van der Waals surface area contributed by atoms with Gasteiger partial charge in [-0.05, 0) is 18.2 Å². The zero-order chi connectivity index (χ0) is 16.0. The fraction of sp³-hybridized carbons (Fsp3) is 0.357. The van der Waals surface area contributed by atoms with Crippen LogP contribution in [0.3, 0.4) is 0 Å². The first-order valence-corrected chi connectivity index (χ1v) is 7.03. The first kappa shape index (κ1) is 17.3. The van der Waals surface area contributed by atoms with Crippen LogP contribution in [0.15, 0.2) is 24.0 Å². The molecule has 1 heterocycles. The summed E-state index contributed by atoms with van der Waals surface area (Å²) in [6.07, 6.45) is -3.64. The number of alkyl halides is 3. The van der Waals surface area contributed by atoms with E-state index in [4.69, 9.17) is 4.74 Å². The molecule has 1 aromatic carbocycles. The standard InChI is InChI=1S/C12H10F3NO2S.C2H6/c1-17-7-3-4-8-9(5-7)19-11(16-8)6-10(18-2)12(13,14)15;1-2/h3-6H,1-2H3;1-2H3/b10-6-;. The Morgan fingerprint density at radius 1 is 1.24 bits per heavy atom. The minimum Gasteiger partial charge on any atom is -0.497 e. The number of halogens is 3. The molecule has 116 valence electrons. The van der Waals surface area contributed by atoms with Gasteiger partial charge in [0.05, 0.1) is 24.4 Å². The molecule has 0 unspecified atom stereocenters. The summed E-state index contributed by atoms with van der Waals surface area (Å²) >= 11 is 1.14. The quantitative estimate of drug-likeness (QED) is 0.756. The topological polar surface area (TPSA) is 31.4 Å². The number of fused-ring (bicyclic) bond motifs is 1. The molecule has 7 heteroatoms. The SMILES string of the molecule is CC.CO/C(=C\c1nc2ccc(OC)cc2s1)C(F)(F)F. The summed E-state index contributed by atoms with van der Waals surface area (Å²) in [6, 6.07) is 5.13. The van der Waals surface area contributed by atoms with E-state index in [2.05, 4.69) is 9.72 Å². The highest BCUT2D eigenvalue weighted by atomic mass is 32.1. The second-order valence-electron chi connectivity index (χ2n) is 3.60. The number of benzene rings is 1. The van der Waals surface area contributed by atoms with Crippen molar-refractivity contribution in [2.75, 3.05) is 14.2 Å². The summed E-state index contributed by atoms with van der Waals surface area (Å²) in [5.41, 5.74) is 0.620. The smallest absolute Gasteiger partial charge is 0.448 e. The van der Waals surface area contributed by atoms with E-state index in [1.54, 1.807) is 18.2 Å². The molecule has 2 rings (SSSR count). The van der Waals surface area contributed by atoms with Crippen molar-refractivity contribution in [2.45, 2.75) is 20.0 Å². The van der Waals surface area contributed by atoms with Crippen molar-refractivity contribution < 1.29 is 22.6 Å². The van der Waals surface area contributed by atoms with Crippen molar-refractivity contribution in [1.29, 1.82) is 0 Å². The maximum absolute atomic E-state index is 12.5. The molecule has 0 N–H and O–H groups in total. The predicted molar refractivity (Wildman–Crippen MR) is 78.6 cm³/mol. The molecule has 0 aliphatic rings. The van der Waals surface area contributed by atoms with E-state index in [-0.39, 0.29) is 5.01 Å². The first-order chi connectivity index (χ1) is 9.94. The summed E-state index contributed by atoms with van der Waals surface area (Å²) in [6.45, 7) is 4.00. The van der Waals surface area contributed by atoms with Gasteiger partial charge < -0.3 is 9.47 Å². The Morgan fingerprint density at radius 3 is 2.43 bits per heavy atom. The van der Waals surface area contributed by atoms with Gasteiger partial charge in [-0.3, -0.25) is 0 Å². The van der Waals surface area contributed by atoms with E-state index >= 15 is 0 Å². The van der Waals surface area contributed by atoms with Gasteiger partial charge in [0, 0.05) is 6.08 Å². The summed E-state index contributed by atoms with van der Waals surface area (Å²) < 4.78 is 47.8. The van der Waals surface area contributed by atoms with Crippen LogP contribution in [-0.4, -0.2) is 25.4 Å². The van der Waals surface area contributed by atoms with Gasteiger partial charge in [0.1, 0.15) is 10.8 Å². The van der Waals surface area contributed by atoms with E-state index in [0.717, 1.165) is 29.2 Å². The van der Waals surface area contributed by atoms with Gasteiger partial charge in [0.25, 0.3) is 0 Å². The Kier molecular flexibility index (Phi) is 6.02. The number of nitrogens with zero attached hydrogens (tertiary/aromatic N) is 1. The highest BCUT2D eigenvalue weighted by Crippen LogP contribution is 2.31. The number of ether oxygens (including phenoxy) is 2. The fourth-order valence-electron chi connectivity index (χ4n) is 1.48. The predicted octanol–water partition coefficient (Wildman–Crippen LogP) is 4.88. The van der Waals surface area contributed by atoms with Gasteiger partial charge in [-0.1, -0.05) is 13.8 Å². The second kappa shape index (κ2) is 7.31.